The number of aliphatic carboxylic acids is 1. The van der Waals surface area contributed by atoms with Crippen LogP contribution in [0.25, 0.3) is 11.0 Å². The van der Waals surface area contributed by atoms with Crippen molar-refractivity contribution in [2.24, 2.45) is 0 Å². The quantitative estimate of drug-likeness (QED) is 0.221. The summed E-state index contributed by atoms with van der Waals surface area (Å²) in [6, 6.07) is 12.9. The van der Waals surface area contributed by atoms with Gasteiger partial charge in [-0.1, -0.05) is 23.7 Å². The predicted molar refractivity (Wildman–Crippen MR) is 156 cm³/mol. The fourth-order valence-electron chi connectivity index (χ4n) is 3.52. The van der Waals surface area contributed by atoms with E-state index in [1.54, 1.807) is 36.4 Å². The fourth-order valence-corrected chi connectivity index (χ4v) is 5.95. The van der Waals surface area contributed by atoms with Crippen LogP contribution in [0.3, 0.4) is 0 Å². The molecule has 1 aromatic heterocycles. The Labute approximate surface area is 244 Å². The van der Waals surface area contributed by atoms with Crippen molar-refractivity contribution >= 4 is 95.4 Å². The third-order valence-electron chi connectivity index (χ3n) is 5.25. The van der Waals surface area contributed by atoms with Gasteiger partial charge in [0.15, 0.2) is 0 Å². The molecule has 4 aromatic rings. The normalized spacial score (nSPS) is 12.2. The summed E-state index contributed by atoms with van der Waals surface area (Å²) in [5.74, 6) is -1.98. The molecule has 0 fully saturated rings. The van der Waals surface area contributed by atoms with Gasteiger partial charge in [-0.15, -0.1) is 0 Å². The van der Waals surface area contributed by atoms with E-state index in [-0.39, 0.29) is 28.1 Å². The number of rotatable bonds is 8. The van der Waals surface area contributed by atoms with Crippen LogP contribution in [0.15, 0.2) is 71.9 Å². The number of hydrogen-bond donors (Lipinski definition) is 3. The standard InChI is InChI=1S/C24H17ClI2N4O5S/c25-16-7-4-13(10-17(16)27)11-20(24(33)34)30-23(32)15-6-5-14(26)12-19(15)31-37(35,36)21-3-1-2-18-22(21)29-9-8-28-18/h1-10,12,20,31H,11H2,(H,30,32)(H,33,34). The maximum Gasteiger partial charge on any atom is 0.326 e. The Morgan fingerprint density at radius 1 is 1.03 bits per heavy atom. The van der Waals surface area contributed by atoms with E-state index in [0.29, 0.717) is 19.7 Å². The first-order chi connectivity index (χ1) is 17.5. The van der Waals surface area contributed by atoms with Gasteiger partial charge in [0.1, 0.15) is 16.5 Å². The number of nitrogens with one attached hydrogen (secondary N) is 2. The Balaban J connectivity index is 1.63. The van der Waals surface area contributed by atoms with Gasteiger partial charge in [-0.3, -0.25) is 19.5 Å². The molecular formula is C24H17ClI2N4O5S. The molecule has 0 spiro atoms. The van der Waals surface area contributed by atoms with Crippen molar-refractivity contribution in [2.75, 3.05) is 4.72 Å². The van der Waals surface area contributed by atoms with Crippen LogP contribution in [0, 0.1) is 7.14 Å². The van der Waals surface area contributed by atoms with Crippen LogP contribution in [0.1, 0.15) is 15.9 Å². The zero-order valence-corrected chi connectivity index (χ0v) is 24.5. The molecule has 0 bridgehead atoms. The summed E-state index contributed by atoms with van der Waals surface area (Å²) in [5.41, 5.74) is 1.20. The molecule has 9 nitrogen and oxygen atoms in total. The van der Waals surface area contributed by atoms with Gasteiger partial charge in [0.25, 0.3) is 15.9 Å². The van der Waals surface area contributed by atoms with Crippen LogP contribution in [0.4, 0.5) is 5.69 Å². The molecule has 4 rings (SSSR count). The number of hydrogen-bond acceptors (Lipinski definition) is 6. The van der Waals surface area contributed by atoms with E-state index in [4.69, 9.17) is 11.6 Å². The lowest BCUT2D eigenvalue weighted by molar-refractivity contribution is -0.139. The number of carbonyl (C=O) groups excluding carboxylic acids is 1. The molecule has 0 aliphatic rings. The molecule has 13 heteroatoms. The van der Waals surface area contributed by atoms with Gasteiger partial charge in [0.2, 0.25) is 0 Å². The Hall–Kier alpha value is -2.56. The first-order valence-corrected chi connectivity index (χ1v) is 14.6. The predicted octanol–water partition coefficient (Wildman–Crippen LogP) is 4.72. The number of aromatic nitrogens is 2. The molecule has 3 aromatic carbocycles. The minimum Gasteiger partial charge on any atom is -0.480 e. The molecule has 3 N–H and O–H groups in total. The highest BCUT2D eigenvalue weighted by Gasteiger charge is 2.25. The molecule has 0 aliphatic heterocycles. The summed E-state index contributed by atoms with van der Waals surface area (Å²) < 4.78 is 30.5. The van der Waals surface area contributed by atoms with Crippen LogP contribution in [-0.4, -0.2) is 41.4 Å². The number of fused-ring (bicyclic) bond motifs is 1. The Morgan fingerprint density at radius 2 is 1.78 bits per heavy atom. The molecule has 0 radical (unpaired) electrons. The van der Waals surface area contributed by atoms with Crippen molar-refractivity contribution in [3.63, 3.8) is 0 Å². The summed E-state index contributed by atoms with van der Waals surface area (Å²) in [5, 5.41) is 12.8. The lowest BCUT2D eigenvalue weighted by atomic mass is 10.1. The summed E-state index contributed by atoms with van der Waals surface area (Å²) in [6.45, 7) is 0. The van der Waals surface area contributed by atoms with Crippen LogP contribution in [0.2, 0.25) is 5.02 Å². The monoisotopic (exact) mass is 762 g/mol. The van der Waals surface area contributed by atoms with Crippen molar-refractivity contribution in [2.45, 2.75) is 17.4 Å². The van der Waals surface area contributed by atoms with Gasteiger partial charge < -0.3 is 10.4 Å². The first-order valence-electron chi connectivity index (χ1n) is 10.5. The molecule has 190 valence electrons. The molecule has 1 amide bonds. The number of halogens is 3. The van der Waals surface area contributed by atoms with Gasteiger partial charge >= 0.3 is 5.97 Å². The van der Waals surface area contributed by atoms with E-state index < -0.39 is 27.9 Å². The summed E-state index contributed by atoms with van der Waals surface area (Å²) in [6.07, 6.45) is 2.85. The van der Waals surface area contributed by atoms with Crippen molar-refractivity contribution in [3.8, 4) is 0 Å². The number of carboxylic acid groups (broad SMARTS) is 1. The minimum absolute atomic E-state index is 0.00419. The third kappa shape index (κ3) is 6.48. The first kappa shape index (κ1) is 27.5. The average Bonchev–Trinajstić information content (AvgIpc) is 2.85. The van der Waals surface area contributed by atoms with Gasteiger partial charge in [-0.25, -0.2) is 13.2 Å². The van der Waals surface area contributed by atoms with Crippen molar-refractivity contribution in [3.05, 3.63) is 90.3 Å². The zero-order chi connectivity index (χ0) is 26.7. The number of carbonyl (C=O) groups is 2. The highest BCUT2D eigenvalue weighted by molar-refractivity contribution is 14.1. The second-order valence-corrected chi connectivity index (χ2v) is 12.3. The molecule has 0 saturated carbocycles. The number of nitrogens with zero attached hydrogens (tertiary/aromatic N) is 2. The van der Waals surface area contributed by atoms with Gasteiger partial charge in [-0.05, 0) is 93.2 Å². The highest BCUT2D eigenvalue weighted by Crippen LogP contribution is 2.26. The zero-order valence-electron chi connectivity index (χ0n) is 18.7. The Bertz CT molecular complexity index is 1630. The van der Waals surface area contributed by atoms with E-state index >= 15 is 0 Å². The number of para-hydroxylation sites is 1. The largest absolute Gasteiger partial charge is 0.480 e. The van der Waals surface area contributed by atoms with E-state index in [2.05, 4.69) is 20.0 Å². The van der Waals surface area contributed by atoms with Gasteiger partial charge in [0, 0.05) is 26.0 Å². The fraction of sp³-hybridized carbons (Fsp3) is 0.0833. The van der Waals surface area contributed by atoms with Crippen LogP contribution in [-0.2, 0) is 21.2 Å². The van der Waals surface area contributed by atoms with E-state index in [9.17, 15) is 23.1 Å². The van der Waals surface area contributed by atoms with E-state index in [1.165, 1.54) is 30.6 Å². The Kier molecular flexibility index (Phi) is 8.50. The number of benzene rings is 3. The topological polar surface area (TPSA) is 138 Å². The molecule has 37 heavy (non-hydrogen) atoms. The molecule has 0 aliphatic carbocycles. The number of carboxylic acids is 1. The maximum absolute atomic E-state index is 13.3. The minimum atomic E-state index is -4.18. The Morgan fingerprint density at radius 3 is 2.51 bits per heavy atom. The van der Waals surface area contributed by atoms with Crippen molar-refractivity contribution < 1.29 is 23.1 Å². The van der Waals surface area contributed by atoms with E-state index in [0.717, 1.165) is 3.57 Å². The maximum atomic E-state index is 13.3. The van der Waals surface area contributed by atoms with E-state index in [1.807, 2.05) is 45.2 Å². The van der Waals surface area contributed by atoms with Crippen LogP contribution in [0.5, 0.6) is 0 Å². The summed E-state index contributed by atoms with van der Waals surface area (Å²) in [4.78, 5) is 33.3. The number of sulfonamides is 1. The molecule has 1 heterocycles. The number of amides is 1. The third-order valence-corrected chi connectivity index (χ3v) is 8.86. The lowest BCUT2D eigenvalue weighted by Gasteiger charge is -2.18. The van der Waals surface area contributed by atoms with Crippen molar-refractivity contribution in [1.29, 1.82) is 0 Å². The van der Waals surface area contributed by atoms with Crippen molar-refractivity contribution in [1.82, 2.24) is 15.3 Å². The van der Waals surface area contributed by atoms with Crippen LogP contribution >= 0.6 is 56.8 Å². The van der Waals surface area contributed by atoms with Crippen LogP contribution < -0.4 is 10.0 Å². The highest BCUT2D eigenvalue weighted by atomic mass is 127. The molecule has 1 atom stereocenters. The number of anilines is 1. The molecule has 1 unspecified atom stereocenters. The summed E-state index contributed by atoms with van der Waals surface area (Å²) in [7, 11) is -4.18. The second-order valence-electron chi connectivity index (χ2n) is 7.79. The molecular weight excluding hydrogens is 746 g/mol. The smallest absolute Gasteiger partial charge is 0.326 e. The molecule has 0 saturated heterocycles. The van der Waals surface area contributed by atoms with Gasteiger partial charge in [-0.2, -0.15) is 0 Å². The SMILES string of the molecule is O=C(NC(Cc1ccc(Cl)c(I)c1)C(=O)O)c1ccc(I)cc1NS(=O)(=O)c1cccc2nccnc12. The lowest BCUT2D eigenvalue weighted by Crippen LogP contribution is -2.42. The average molecular weight is 763 g/mol. The second kappa shape index (κ2) is 11.4. The summed E-state index contributed by atoms with van der Waals surface area (Å²) >= 11 is 10.1. The van der Waals surface area contributed by atoms with Gasteiger partial charge in [0.05, 0.1) is 21.8 Å².